The van der Waals surface area contributed by atoms with Gasteiger partial charge in [0.2, 0.25) is 11.0 Å². The van der Waals surface area contributed by atoms with Crippen LogP contribution in [0.3, 0.4) is 0 Å². The van der Waals surface area contributed by atoms with Crippen molar-refractivity contribution in [2.45, 2.75) is 0 Å². The van der Waals surface area contributed by atoms with Crippen LogP contribution >= 0.6 is 11.6 Å². The van der Waals surface area contributed by atoms with E-state index in [1.165, 1.54) is 24.3 Å². The van der Waals surface area contributed by atoms with Crippen molar-refractivity contribution < 1.29 is 14.6 Å². The van der Waals surface area contributed by atoms with Crippen LogP contribution in [0.15, 0.2) is 30.5 Å². The highest BCUT2D eigenvalue weighted by Crippen LogP contribution is 2.34. The summed E-state index contributed by atoms with van der Waals surface area (Å²) in [4.78, 5) is 27.2. The molecule has 10 heteroatoms. The molecule has 1 aromatic carbocycles. The quantitative estimate of drug-likeness (QED) is 0.483. The molecule has 0 aliphatic carbocycles. The molecular weight excluding hydrogens is 292 g/mol. The number of nitrogens with zero attached hydrogens (tertiary/aromatic N) is 4. The molecule has 0 N–H and O–H groups in total. The van der Waals surface area contributed by atoms with Crippen LogP contribution in [0.5, 0.6) is 11.6 Å². The second-order valence-electron chi connectivity index (χ2n) is 3.41. The summed E-state index contributed by atoms with van der Waals surface area (Å²) in [6, 6.07) is 5.41. The zero-order valence-electron chi connectivity index (χ0n) is 9.59. The summed E-state index contributed by atoms with van der Waals surface area (Å²) in [5, 5.41) is 21.4. The van der Waals surface area contributed by atoms with Crippen LogP contribution in [0.25, 0.3) is 0 Å². The van der Waals surface area contributed by atoms with Crippen LogP contribution in [-0.2, 0) is 0 Å². The summed E-state index contributed by atoms with van der Waals surface area (Å²) >= 11 is 5.53. The van der Waals surface area contributed by atoms with Crippen molar-refractivity contribution in [2.75, 3.05) is 0 Å². The van der Waals surface area contributed by atoms with Crippen LogP contribution in [0, 0.1) is 20.2 Å². The molecule has 0 bridgehead atoms. The standard InChI is InChI=1S/C10H5ClN4O5/c11-10-12-5-7(15(18)19)9(13-10)20-8-4-2-1-3-6(8)14(16)17/h1-5H. The number of halogens is 1. The van der Waals surface area contributed by atoms with Gasteiger partial charge in [0.1, 0.15) is 6.20 Å². The Morgan fingerprint density at radius 3 is 2.40 bits per heavy atom. The van der Waals surface area contributed by atoms with Crippen LogP contribution in [-0.4, -0.2) is 19.8 Å². The Bertz CT molecular complexity index is 693. The summed E-state index contributed by atoms with van der Waals surface area (Å²) < 4.78 is 5.13. The lowest BCUT2D eigenvalue weighted by Gasteiger charge is -2.05. The first kappa shape index (κ1) is 13.6. The molecule has 2 aromatic rings. The van der Waals surface area contributed by atoms with E-state index < -0.39 is 21.4 Å². The lowest BCUT2D eigenvalue weighted by molar-refractivity contribution is -0.387. The van der Waals surface area contributed by atoms with Crippen molar-refractivity contribution in [1.82, 2.24) is 9.97 Å². The van der Waals surface area contributed by atoms with Crippen molar-refractivity contribution in [3.8, 4) is 11.6 Å². The van der Waals surface area contributed by atoms with Crippen LogP contribution in [0.1, 0.15) is 0 Å². The number of benzene rings is 1. The number of hydrogen-bond acceptors (Lipinski definition) is 7. The van der Waals surface area contributed by atoms with Gasteiger partial charge < -0.3 is 4.74 Å². The van der Waals surface area contributed by atoms with Crippen molar-refractivity contribution in [1.29, 1.82) is 0 Å². The van der Waals surface area contributed by atoms with Gasteiger partial charge in [-0.05, 0) is 17.7 Å². The molecule has 20 heavy (non-hydrogen) atoms. The summed E-state index contributed by atoms with van der Waals surface area (Å²) in [5.41, 5.74) is -0.899. The molecule has 1 heterocycles. The molecule has 0 atom stereocenters. The van der Waals surface area contributed by atoms with E-state index in [-0.39, 0.29) is 16.7 Å². The van der Waals surface area contributed by atoms with Crippen molar-refractivity contribution in [3.05, 3.63) is 56.0 Å². The van der Waals surface area contributed by atoms with Crippen LogP contribution in [0.2, 0.25) is 5.28 Å². The molecule has 1 aromatic heterocycles. The average Bonchev–Trinajstić information content (AvgIpc) is 2.38. The number of nitro benzene ring substituents is 1. The van der Waals surface area contributed by atoms with E-state index in [1.54, 1.807) is 0 Å². The topological polar surface area (TPSA) is 121 Å². The minimum Gasteiger partial charge on any atom is -0.426 e. The first-order valence-electron chi connectivity index (χ1n) is 5.07. The molecule has 0 saturated carbocycles. The maximum Gasteiger partial charge on any atom is 0.349 e. The molecule has 0 fully saturated rings. The van der Waals surface area contributed by atoms with Crippen molar-refractivity contribution in [2.24, 2.45) is 0 Å². The number of nitro groups is 2. The largest absolute Gasteiger partial charge is 0.426 e. The molecule has 102 valence electrons. The molecule has 0 unspecified atom stereocenters. The Morgan fingerprint density at radius 1 is 1.10 bits per heavy atom. The zero-order chi connectivity index (χ0) is 14.7. The maximum absolute atomic E-state index is 10.8. The molecule has 0 radical (unpaired) electrons. The SMILES string of the molecule is O=[N+]([O-])c1ccccc1Oc1nc(Cl)ncc1[N+](=O)[O-]. The van der Waals surface area contributed by atoms with Gasteiger partial charge in [0.15, 0.2) is 0 Å². The minimum atomic E-state index is -0.777. The first-order chi connectivity index (χ1) is 9.49. The fourth-order valence-electron chi connectivity index (χ4n) is 1.34. The smallest absolute Gasteiger partial charge is 0.349 e. The van der Waals surface area contributed by atoms with E-state index in [0.717, 1.165) is 6.20 Å². The third-order valence-corrected chi connectivity index (χ3v) is 2.35. The number of hydrogen-bond donors (Lipinski definition) is 0. The summed E-state index contributed by atoms with van der Waals surface area (Å²) in [7, 11) is 0. The molecule has 9 nitrogen and oxygen atoms in total. The highest BCUT2D eigenvalue weighted by Gasteiger charge is 2.23. The van der Waals surface area contributed by atoms with Gasteiger partial charge in [-0.2, -0.15) is 4.98 Å². The van der Waals surface area contributed by atoms with Gasteiger partial charge >= 0.3 is 17.3 Å². The van der Waals surface area contributed by atoms with E-state index in [4.69, 9.17) is 16.3 Å². The first-order valence-corrected chi connectivity index (χ1v) is 5.45. The Morgan fingerprint density at radius 2 is 1.75 bits per heavy atom. The van der Waals surface area contributed by atoms with E-state index in [0.29, 0.717) is 0 Å². The second kappa shape index (κ2) is 5.45. The van der Waals surface area contributed by atoms with Gasteiger partial charge in [-0.1, -0.05) is 12.1 Å². The van der Waals surface area contributed by atoms with Gasteiger partial charge in [-0.3, -0.25) is 20.2 Å². The van der Waals surface area contributed by atoms with Gasteiger partial charge in [0.05, 0.1) is 9.85 Å². The predicted molar refractivity (Wildman–Crippen MR) is 66.9 cm³/mol. The van der Waals surface area contributed by atoms with E-state index in [2.05, 4.69) is 9.97 Å². The lowest BCUT2D eigenvalue weighted by Crippen LogP contribution is -1.99. The third-order valence-electron chi connectivity index (χ3n) is 2.17. The minimum absolute atomic E-state index is 0.185. The van der Waals surface area contributed by atoms with E-state index >= 15 is 0 Å². The maximum atomic E-state index is 10.8. The van der Waals surface area contributed by atoms with Crippen LogP contribution in [0.4, 0.5) is 11.4 Å². The fourth-order valence-corrected chi connectivity index (χ4v) is 1.46. The molecule has 0 aliphatic heterocycles. The van der Waals surface area contributed by atoms with Gasteiger partial charge in [0.25, 0.3) is 0 Å². The molecule has 2 rings (SSSR count). The molecule has 0 amide bonds. The highest BCUT2D eigenvalue weighted by atomic mass is 35.5. The Balaban J connectivity index is 2.47. The van der Waals surface area contributed by atoms with E-state index in [9.17, 15) is 20.2 Å². The number of ether oxygens (including phenoxy) is 1. The Hall–Kier alpha value is -2.81. The molecular formula is C10H5ClN4O5. The lowest BCUT2D eigenvalue weighted by atomic mass is 10.3. The average molecular weight is 297 g/mol. The summed E-state index contributed by atoms with van der Waals surface area (Å²) in [5.74, 6) is -0.653. The fraction of sp³-hybridized carbons (Fsp3) is 0. The molecule has 0 aliphatic rings. The van der Waals surface area contributed by atoms with Crippen molar-refractivity contribution >= 4 is 23.0 Å². The van der Waals surface area contributed by atoms with E-state index in [1.807, 2.05) is 0 Å². The normalized spacial score (nSPS) is 10.1. The summed E-state index contributed by atoms with van der Waals surface area (Å²) in [6.07, 6.45) is 0.861. The van der Waals surface area contributed by atoms with Gasteiger partial charge in [0, 0.05) is 6.07 Å². The highest BCUT2D eigenvalue weighted by molar-refractivity contribution is 6.28. The monoisotopic (exact) mass is 296 g/mol. The predicted octanol–water partition coefficient (Wildman–Crippen LogP) is 2.74. The van der Waals surface area contributed by atoms with Crippen LogP contribution < -0.4 is 4.74 Å². The second-order valence-corrected chi connectivity index (χ2v) is 3.75. The van der Waals surface area contributed by atoms with Gasteiger partial charge in [-0.25, -0.2) is 4.98 Å². The number of aromatic nitrogens is 2. The summed E-state index contributed by atoms with van der Waals surface area (Å²) in [6.45, 7) is 0. The van der Waals surface area contributed by atoms with Crippen molar-refractivity contribution in [3.63, 3.8) is 0 Å². The third kappa shape index (κ3) is 2.78. The Kier molecular flexibility index (Phi) is 3.71. The number of rotatable bonds is 4. The van der Waals surface area contributed by atoms with Gasteiger partial charge in [-0.15, -0.1) is 0 Å². The molecule has 0 spiro atoms. The Labute approximate surface area is 116 Å². The molecule has 0 saturated heterocycles. The zero-order valence-corrected chi connectivity index (χ0v) is 10.4. The number of para-hydroxylation sites is 2.